The molecule has 0 spiro atoms. The average Bonchev–Trinajstić information content (AvgIpc) is 3.37. The minimum Gasteiger partial charge on any atom is -0.663 e. The van der Waals surface area contributed by atoms with E-state index in [9.17, 15) is 0 Å². The molecule has 176 valence electrons. The molecule has 0 aliphatic heterocycles. The van der Waals surface area contributed by atoms with Crippen molar-refractivity contribution in [2.45, 2.75) is 0 Å². The van der Waals surface area contributed by atoms with Crippen molar-refractivity contribution in [2.75, 3.05) is 0 Å². The number of rotatable bonds is 5. The smallest absolute Gasteiger partial charge is 0.663 e. The first-order valence-corrected chi connectivity index (χ1v) is 12.5. The summed E-state index contributed by atoms with van der Waals surface area (Å²) in [5.41, 5.74) is 10.5. The van der Waals surface area contributed by atoms with Crippen LogP contribution in [-0.2, 0) is 21.1 Å². The van der Waals surface area contributed by atoms with Gasteiger partial charge in [0.15, 0.2) is 0 Å². The fourth-order valence-electron chi connectivity index (χ4n) is 3.49. The Morgan fingerprint density at radius 1 is 0.743 bits per heavy atom. The van der Waals surface area contributed by atoms with E-state index < -0.39 is 7.92 Å². The molecule has 0 saturated heterocycles. The first kappa shape index (κ1) is 26.5. The Morgan fingerprint density at radius 2 is 1.26 bits per heavy atom. The molecule has 0 saturated carbocycles. The van der Waals surface area contributed by atoms with E-state index in [-0.39, 0.29) is 26.2 Å². The SMILES string of the molecule is NC(=S)[N-]/N=C/c1cccc2cc[n-]c12.[Pt+2].c1ccc(P(c2ccccc2)c2ccccc2)cc1. The zero-order valence-corrected chi connectivity index (χ0v) is 22.7. The molecule has 0 aliphatic carbocycles. The van der Waals surface area contributed by atoms with Crippen LogP contribution in [0, 0.1) is 0 Å². The van der Waals surface area contributed by atoms with Crippen LogP contribution in [-0.4, -0.2) is 11.3 Å². The Kier molecular flexibility index (Phi) is 10.4. The van der Waals surface area contributed by atoms with Gasteiger partial charge in [0, 0.05) is 11.3 Å². The average molecular weight is 674 g/mol. The second-order valence-corrected chi connectivity index (χ2v) is 9.89. The van der Waals surface area contributed by atoms with Gasteiger partial charge >= 0.3 is 21.1 Å². The van der Waals surface area contributed by atoms with Gasteiger partial charge in [-0.1, -0.05) is 127 Å². The molecule has 4 aromatic carbocycles. The molecule has 7 heteroatoms. The molecule has 5 aromatic rings. The minimum atomic E-state index is -0.446. The number of fused-ring (bicyclic) bond motifs is 1. The second kappa shape index (κ2) is 13.7. The van der Waals surface area contributed by atoms with Crippen molar-refractivity contribution in [3.05, 3.63) is 132 Å². The van der Waals surface area contributed by atoms with Gasteiger partial charge in [-0.25, -0.2) is 0 Å². The van der Waals surface area contributed by atoms with Crippen molar-refractivity contribution in [3.63, 3.8) is 0 Å². The Hall–Kier alpha value is -3.10. The molecule has 35 heavy (non-hydrogen) atoms. The van der Waals surface area contributed by atoms with Crippen molar-refractivity contribution in [1.29, 1.82) is 0 Å². The van der Waals surface area contributed by atoms with Crippen LogP contribution < -0.4 is 26.6 Å². The number of aromatic nitrogens is 1. The van der Waals surface area contributed by atoms with Crippen LogP contribution >= 0.6 is 20.1 Å². The zero-order valence-electron chi connectivity index (χ0n) is 18.7. The number of para-hydroxylation sites is 1. The molecule has 0 fully saturated rings. The van der Waals surface area contributed by atoms with Gasteiger partial charge in [0.1, 0.15) is 0 Å². The second-order valence-electron chi connectivity index (χ2n) is 7.25. The summed E-state index contributed by atoms with van der Waals surface area (Å²) < 4.78 is 0. The van der Waals surface area contributed by atoms with Gasteiger partial charge in [-0.05, 0) is 34.8 Å². The molecule has 1 heterocycles. The van der Waals surface area contributed by atoms with Gasteiger partial charge in [0.05, 0.1) is 0 Å². The number of hydrogen-bond acceptors (Lipinski definition) is 2. The van der Waals surface area contributed by atoms with Crippen LogP contribution in [0.25, 0.3) is 16.3 Å². The predicted molar refractivity (Wildman–Crippen MR) is 150 cm³/mol. The van der Waals surface area contributed by atoms with Crippen molar-refractivity contribution in [1.82, 2.24) is 4.98 Å². The van der Waals surface area contributed by atoms with E-state index in [4.69, 9.17) is 5.73 Å². The molecule has 4 nitrogen and oxygen atoms in total. The summed E-state index contributed by atoms with van der Waals surface area (Å²) in [6, 6.07) is 40.1. The minimum absolute atomic E-state index is 0. The first-order valence-electron chi connectivity index (χ1n) is 10.7. The Labute approximate surface area is 226 Å². The summed E-state index contributed by atoms with van der Waals surface area (Å²) in [5.74, 6) is 0. The first-order chi connectivity index (χ1) is 16.7. The third-order valence-corrected chi connectivity index (χ3v) is 7.48. The van der Waals surface area contributed by atoms with Crippen LogP contribution in [0.5, 0.6) is 0 Å². The maximum absolute atomic E-state index is 5.18. The Balaban J connectivity index is 0.000000195. The fraction of sp³-hybridized carbons (Fsp3) is 0. The van der Waals surface area contributed by atoms with E-state index in [1.165, 1.54) is 15.9 Å². The van der Waals surface area contributed by atoms with Gasteiger partial charge < -0.3 is 16.1 Å². The molecule has 0 radical (unpaired) electrons. The van der Waals surface area contributed by atoms with Crippen LogP contribution in [0.4, 0.5) is 0 Å². The maximum atomic E-state index is 5.18. The quantitative estimate of drug-likeness (QED) is 0.121. The van der Waals surface area contributed by atoms with Gasteiger partial charge in [0.25, 0.3) is 0 Å². The summed E-state index contributed by atoms with van der Waals surface area (Å²) in [6.07, 6.45) is 3.35. The Bertz CT molecular complexity index is 1270. The molecule has 0 atom stereocenters. The van der Waals surface area contributed by atoms with Crippen molar-refractivity contribution in [2.24, 2.45) is 10.8 Å². The fourth-order valence-corrected chi connectivity index (χ4v) is 5.84. The van der Waals surface area contributed by atoms with Crippen LogP contribution in [0.1, 0.15) is 5.56 Å². The number of thiocarbonyl (C=S) groups is 1. The predicted octanol–water partition coefficient (Wildman–Crippen LogP) is 5.19. The van der Waals surface area contributed by atoms with Gasteiger partial charge in [-0.2, -0.15) is 6.20 Å². The molecule has 0 amide bonds. The van der Waals surface area contributed by atoms with Crippen molar-refractivity contribution < 1.29 is 21.1 Å². The van der Waals surface area contributed by atoms with E-state index in [2.05, 4.69) is 119 Å². The third kappa shape index (κ3) is 7.44. The summed E-state index contributed by atoms with van der Waals surface area (Å²) in [4.78, 5) is 4.22. The molecular formula is C28H23N4PPtS. The number of nitrogens with two attached hydrogens (primary N) is 1. The molecule has 0 aliphatic rings. The van der Waals surface area contributed by atoms with Crippen LogP contribution in [0.2, 0.25) is 0 Å². The molecule has 1 aromatic heterocycles. The van der Waals surface area contributed by atoms with Gasteiger partial charge in [-0.3, -0.25) is 5.10 Å². The van der Waals surface area contributed by atoms with Crippen LogP contribution in [0.15, 0.2) is 127 Å². The molecule has 0 bridgehead atoms. The number of hydrogen-bond donors (Lipinski definition) is 1. The molecule has 5 rings (SSSR count). The maximum Gasteiger partial charge on any atom is 2.00 e. The van der Waals surface area contributed by atoms with E-state index in [0.29, 0.717) is 0 Å². The van der Waals surface area contributed by atoms with Crippen molar-refractivity contribution >= 4 is 58.3 Å². The summed E-state index contributed by atoms with van der Waals surface area (Å²) >= 11 is 4.57. The molecule has 0 unspecified atom stereocenters. The monoisotopic (exact) mass is 673 g/mol. The van der Waals surface area contributed by atoms with E-state index in [1.807, 2.05) is 24.3 Å². The van der Waals surface area contributed by atoms with E-state index >= 15 is 0 Å². The summed E-state index contributed by atoms with van der Waals surface area (Å²) in [6.45, 7) is 0. The molecule has 2 N–H and O–H groups in total. The number of nitrogens with zero attached hydrogens (tertiary/aromatic N) is 3. The summed E-state index contributed by atoms with van der Waals surface area (Å²) in [5, 5.41) is 9.06. The third-order valence-electron chi connectivity index (χ3n) is 4.95. The normalized spacial score (nSPS) is 10.4. The molecular weight excluding hydrogens is 650 g/mol. The largest absolute Gasteiger partial charge is 2.00 e. The number of benzene rings is 4. The van der Waals surface area contributed by atoms with E-state index in [0.717, 1.165) is 16.5 Å². The zero-order chi connectivity index (χ0) is 23.6. The van der Waals surface area contributed by atoms with Gasteiger partial charge in [-0.15, -0.1) is 5.52 Å². The van der Waals surface area contributed by atoms with Crippen LogP contribution in [0.3, 0.4) is 0 Å². The van der Waals surface area contributed by atoms with Crippen molar-refractivity contribution in [3.8, 4) is 0 Å². The Morgan fingerprint density at radius 3 is 1.74 bits per heavy atom. The van der Waals surface area contributed by atoms with Gasteiger partial charge in [0.2, 0.25) is 0 Å². The summed E-state index contributed by atoms with van der Waals surface area (Å²) in [7, 11) is -0.446. The standard InChI is InChI=1S/C18H15P.C10H9N4S.Pt/c1-4-10-16(11-5-1)19(17-12-6-2-7-13-17)18-14-8-3-9-15-18;11-10(15)14-13-6-8-3-1-2-7-4-5-12-9(7)8;/h1-15H;1-6H,(H3-,11,12,13,14,15);/q;-1;+2/p-1. The topological polar surface area (TPSA) is 66.6 Å². The van der Waals surface area contributed by atoms with E-state index in [1.54, 1.807) is 12.4 Å².